The normalized spacial score (nSPS) is 10.9. The number of unbranched alkanes of at least 4 members (excludes halogenated alkanes) is 4. The molecule has 0 heteroatoms. The monoisotopic (exact) mass is 139 g/mol. The molecule has 0 aromatic carbocycles. The Morgan fingerprint density at radius 3 is 2.20 bits per heavy atom. The summed E-state index contributed by atoms with van der Waals surface area (Å²) in [4.78, 5) is 0. The van der Waals surface area contributed by atoms with Gasteiger partial charge in [0.1, 0.15) is 0 Å². The van der Waals surface area contributed by atoms with Crippen molar-refractivity contribution in [1.29, 1.82) is 0 Å². The third-order valence-electron chi connectivity index (χ3n) is 1.51. The molecule has 58 valence electrons. The Morgan fingerprint density at radius 2 is 1.70 bits per heavy atom. The molecular formula is C10H19+. The molecule has 0 aliphatic carbocycles. The van der Waals surface area contributed by atoms with Gasteiger partial charge in [-0.1, -0.05) is 31.9 Å². The van der Waals surface area contributed by atoms with Crippen molar-refractivity contribution in [3.8, 4) is 0 Å². The molecule has 0 aromatic rings. The molecule has 0 amide bonds. The minimum atomic E-state index is 1.07. The second kappa shape index (κ2) is 8.61. The summed E-state index contributed by atoms with van der Waals surface area (Å²) in [5.41, 5.74) is 0. The third-order valence-corrected chi connectivity index (χ3v) is 1.51. The van der Waals surface area contributed by atoms with Gasteiger partial charge in [0.25, 0.3) is 0 Å². The molecule has 0 saturated heterocycles. The Kier molecular flexibility index (Phi) is 8.27. The molecule has 0 radical (unpaired) electrons. The van der Waals surface area contributed by atoms with Crippen LogP contribution in [0.3, 0.4) is 0 Å². The van der Waals surface area contributed by atoms with Gasteiger partial charge in [-0.05, 0) is 19.3 Å². The van der Waals surface area contributed by atoms with Crippen LogP contribution in [0.4, 0.5) is 0 Å². The van der Waals surface area contributed by atoms with Crippen molar-refractivity contribution in [2.75, 3.05) is 0 Å². The van der Waals surface area contributed by atoms with Crippen molar-refractivity contribution in [2.24, 2.45) is 0 Å². The lowest BCUT2D eigenvalue weighted by Crippen LogP contribution is -1.69. The number of rotatable bonds is 6. The molecule has 0 fully saturated rings. The Balaban J connectivity index is 2.89. The summed E-state index contributed by atoms with van der Waals surface area (Å²) in [6.45, 7) is 6.01. The predicted octanol–water partition coefficient (Wildman–Crippen LogP) is 3.74. The summed E-state index contributed by atoms with van der Waals surface area (Å²) in [5.74, 6) is 0. The van der Waals surface area contributed by atoms with E-state index in [0.717, 1.165) is 6.42 Å². The van der Waals surface area contributed by atoms with E-state index in [9.17, 15) is 0 Å². The minimum Gasteiger partial charge on any atom is -0.0885 e. The molecule has 10 heavy (non-hydrogen) atoms. The first kappa shape index (κ1) is 9.61. The first-order valence-corrected chi connectivity index (χ1v) is 4.36. The maximum Gasteiger partial charge on any atom is 0.0853 e. The highest BCUT2D eigenvalue weighted by molar-refractivity contribution is 4.81. The summed E-state index contributed by atoms with van der Waals surface area (Å²) < 4.78 is 0. The Bertz CT molecular complexity index is 62.1. The molecule has 0 aliphatic rings. The van der Waals surface area contributed by atoms with E-state index in [4.69, 9.17) is 0 Å². The second-order valence-corrected chi connectivity index (χ2v) is 2.61. The van der Waals surface area contributed by atoms with Gasteiger partial charge in [-0.3, -0.25) is 0 Å². The van der Waals surface area contributed by atoms with Crippen LogP contribution in [-0.4, -0.2) is 0 Å². The Labute approximate surface area is 65.3 Å². The van der Waals surface area contributed by atoms with E-state index in [1.54, 1.807) is 0 Å². The van der Waals surface area contributed by atoms with Gasteiger partial charge in [0.2, 0.25) is 0 Å². The van der Waals surface area contributed by atoms with Crippen LogP contribution in [0.5, 0.6) is 0 Å². The van der Waals surface area contributed by atoms with Crippen LogP contribution in [0.2, 0.25) is 0 Å². The van der Waals surface area contributed by atoms with E-state index in [2.05, 4.69) is 26.0 Å². The van der Waals surface area contributed by atoms with Gasteiger partial charge in [0.05, 0.1) is 13.3 Å². The fraction of sp³-hybridized carbons (Fsp3) is 0.700. The zero-order chi connectivity index (χ0) is 7.66. The standard InChI is InChI=1S/C10H19/c1-3-5-7-9-10-8-6-4-2/h9-10H,1,3-8H2,2H3/q+1/b10-9-. The SMILES string of the molecule is [CH2+]CCC/C=C\CCCC. The molecule has 0 nitrogen and oxygen atoms in total. The quantitative estimate of drug-likeness (QED) is 0.299. The lowest BCUT2D eigenvalue weighted by molar-refractivity contribution is 0.805. The van der Waals surface area contributed by atoms with E-state index < -0.39 is 0 Å². The molecule has 0 bridgehead atoms. The van der Waals surface area contributed by atoms with Crippen molar-refractivity contribution in [3.63, 3.8) is 0 Å². The molecule has 0 aliphatic heterocycles. The van der Waals surface area contributed by atoms with Gasteiger partial charge < -0.3 is 0 Å². The van der Waals surface area contributed by atoms with E-state index in [1.165, 1.54) is 32.1 Å². The molecular weight excluding hydrogens is 120 g/mol. The van der Waals surface area contributed by atoms with E-state index in [-0.39, 0.29) is 0 Å². The fourth-order valence-corrected chi connectivity index (χ4v) is 0.820. The van der Waals surface area contributed by atoms with Gasteiger partial charge in [0.15, 0.2) is 0 Å². The average molecular weight is 139 g/mol. The lowest BCUT2D eigenvalue weighted by Gasteiger charge is -1.87. The minimum absolute atomic E-state index is 1.07. The smallest absolute Gasteiger partial charge is 0.0853 e. The van der Waals surface area contributed by atoms with Crippen molar-refractivity contribution >= 4 is 0 Å². The molecule has 0 atom stereocenters. The summed E-state index contributed by atoms with van der Waals surface area (Å²) in [6, 6.07) is 0. The molecule has 0 N–H and O–H groups in total. The van der Waals surface area contributed by atoms with Gasteiger partial charge in [-0.15, -0.1) is 0 Å². The van der Waals surface area contributed by atoms with E-state index >= 15 is 0 Å². The van der Waals surface area contributed by atoms with E-state index in [1.807, 2.05) is 0 Å². The Hall–Kier alpha value is -0.390. The van der Waals surface area contributed by atoms with Crippen LogP contribution >= 0.6 is 0 Å². The molecule has 0 spiro atoms. The summed E-state index contributed by atoms with van der Waals surface area (Å²) in [7, 11) is 0. The second-order valence-electron chi connectivity index (χ2n) is 2.61. The van der Waals surface area contributed by atoms with Crippen LogP contribution in [0, 0.1) is 6.92 Å². The molecule has 0 aromatic heterocycles. The molecule has 0 saturated carbocycles. The first-order valence-electron chi connectivity index (χ1n) is 4.36. The largest absolute Gasteiger partial charge is 0.0885 e. The first-order chi connectivity index (χ1) is 4.91. The predicted molar refractivity (Wildman–Crippen MR) is 47.9 cm³/mol. The van der Waals surface area contributed by atoms with Gasteiger partial charge >= 0.3 is 0 Å². The maximum atomic E-state index is 3.79. The van der Waals surface area contributed by atoms with Crippen molar-refractivity contribution in [3.05, 3.63) is 19.1 Å². The molecule has 0 heterocycles. The number of hydrogen-bond donors (Lipinski definition) is 0. The van der Waals surface area contributed by atoms with Gasteiger partial charge in [0, 0.05) is 0 Å². The fourth-order valence-electron chi connectivity index (χ4n) is 0.820. The molecule has 0 rings (SSSR count). The summed E-state index contributed by atoms with van der Waals surface area (Å²) in [6.07, 6.45) is 12.0. The van der Waals surface area contributed by atoms with Crippen LogP contribution in [0.25, 0.3) is 0 Å². The summed E-state index contributed by atoms with van der Waals surface area (Å²) in [5, 5.41) is 0. The van der Waals surface area contributed by atoms with Crippen LogP contribution < -0.4 is 0 Å². The molecule has 0 unspecified atom stereocenters. The highest BCUT2D eigenvalue weighted by Gasteiger charge is 1.81. The topological polar surface area (TPSA) is 0 Å². The zero-order valence-corrected chi connectivity index (χ0v) is 7.10. The highest BCUT2D eigenvalue weighted by atomic mass is 13.9. The maximum absolute atomic E-state index is 3.79. The van der Waals surface area contributed by atoms with Crippen molar-refractivity contribution in [1.82, 2.24) is 0 Å². The zero-order valence-electron chi connectivity index (χ0n) is 7.10. The van der Waals surface area contributed by atoms with Gasteiger partial charge in [-0.2, -0.15) is 0 Å². The van der Waals surface area contributed by atoms with Crippen molar-refractivity contribution in [2.45, 2.75) is 45.4 Å². The summed E-state index contributed by atoms with van der Waals surface area (Å²) >= 11 is 0. The van der Waals surface area contributed by atoms with Crippen LogP contribution in [0.1, 0.15) is 45.4 Å². The highest BCUT2D eigenvalue weighted by Crippen LogP contribution is 1.99. The third kappa shape index (κ3) is 7.61. The van der Waals surface area contributed by atoms with E-state index in [0.29, 0.717) is 0 Å². The van der Waals surface area contributed by atoms with Crippen molar-refractivity contribution < 1.29 is 0 Å². The lowest BCUT2D eigenvalue weighted by atomic mass is 10.2. The number of hydrogen-bond acceptors (Lipinski definition) is 0. The van der Waals surface area contributed by atoms with Crippen LogP contribution in [0.15, 0.2) is 12.2 Å². The van der Waals surface area contributed by atoms with Gasteiger partial charge in [-0.25, -0.2) is 0 Å². The number of allylic oxidation sites excluding steroid dienone is 2. The van der Waals surface area contributed by atoms with Crippen LogP contribution in [-0.2, 0) is 0 Å². The average Bonchev–Trinajstić information content (AvgIpc) is 1.97. The Morgan fingerprint density at radius 1 is 1.10 bits per heavy atom.